The highest BCUT2D eigenvalue weighted by atomic mass is 35.5. The van der Waals surface area contributed by atoms with Crippen molar-refractivity contribution in [2.24, 2.45) is 0 Å². The highest BCUT2D eigenvalue weighted by molar-refractivity contribution is 7.91. The number of rotatable bonds is 8. The van der Waals surface area contributed by atoms with Gasteiger partial charge in [0.25, 0.3) is 0 Å². The lowest BCUT2D eigenvalue weighted by Gasteiger charge is -2.30. The van der Waals surface area contributed by atoms with Crippen LogP contribution in [0.1, 0.15) is 12.0 Å². The van der Waals surface area contributed by atoms with Crippen LogP contribution < -0.4 is 4.74 Å². The number of hydrogen-bond acceptors (Lipinski definition) is 5. The smallest absolute Gasteiger partial charge is 0.151 e. The fourth-order valence-corrected chi connectivity index (χ4v) is 5.21. The Balaban J connectivity index is 1.64. The van der Waals surface area contributed by atoms with Crippen molar-refractivity contribution in [3.8, 4) is 5.75 Å². The zero-order chi connectivity index (χ0) is 20.1. The number of halogens is 2. The Labute approximate surface area is 169 Å². The van der Waals surface area contributed by atoms with E-state index >= 15 is 0 Å². The van der Waals surface area contributed by atoms with Crippen molar-refractivity contribution in [2.75, 3.05) is 24.7 Å². The maximum atomic E-state index is 13.5. The molecule has 0 spiro atoms. The minimum absolute atomic E-state index is 0.0487. The molecule has 0 saturated carbocycles. The molecule has 2 atom stereocenters. The Hall–Kier alpha value is -1.67. The van der Waals surface area contributed by atoms with Gasteiger partial charge in [0, 0.05) is 24.2 Å². The van der Waals surface area contributed by atoms with Crippen LogP contribution in [-0.4, -0.2) is 55.2 Å². The van der Waals surface area contributed by atoms with Gasteiger partial charge in [0.15, 0.2) is 9.84 Å². The van der Waals surface area contributed by atoms with Gasteiger partial charge in [0.05, 0.1) is 11.5 Å². The maximum Gasteiger partial charge on any atom is 0.151 e. The minimum Gasteiger partial charge on any atom is -0.491 e. The molecule has 2 aromatic carbocycles. The van der Waals surface area contributed by atoms with Crippen LogP contribution in [0.25, 0.3) is 0 Å². The van der Waals surface area contributed by atoms with Crippen molar-refractivity contribution in [2.45, 2.75) is 25.1 Å². The molecule has 152 valence electrons. The zero-order valence-corrected chi connectivity index (χ0v) is 16.9. The third-order valence-electron chi connectivity index (χ3n) is 4.70. The lowest BCUT2D eigenvalue weighted by molar-refractivity contribution is 0.0524. The lowest BCUT2D eigenvalue weighted by atomic mass is 10.1. The van der Waals surface area contributed by atoms with Crippen LogP contribution in [0.5, 0.6) is 5.75 Å². The monoisotopic (exact) mass is 427 g/mol. The second-order valence-electron chi connectivity index (χ2n) is 7.03. The maximum absolute atomic E-state index is 13.5. The fourth-order valence-electron chi connectivity index (χ4n) is 3.32. The molecule has 3 rings (SSSR count). The molecule has 1 heterocycles. The van der Waals surface area contributed by atoms with Crippen LogP contribution in [0, 0.1) is 5.82 Å². The predicted octanol–water partition coefficient (Wildman–Crippen LogP) is 2.91. The van der Waals surface area contributed by atoms with Crippen molar-refractivity contribution in [1.29, 1.82) is 0 Å². The Bertz CT molecular complexity index is 891. The van der Waals surface area contributed by atoms with E-state index in [1.165, 1.54) is 12.1 Å². The van der Waals surface area contributed by atoms with E-state index in [1.807, 2.05) is 4.90 Å². The van der Waals surface area contributed by atoms with Crippen LogP contribution in [0.2, 0.25) is 5.02 Å². The zero-order valence-electron chi connectivity index (χ0n) is 15.3. The van der Waals surface area contributed by atoms with Gasteiger partial charge in [-0.25, -0.2) is 12.8 Å². The molecule has 1 N–H and O–H groups in total. The van der Waals surface area contributed by atoms with Gasteiger partial charge in [-0.2, -0.15) is 0 Å². The van der Waals surface area contributed by atoms with Gasteiger partial charge in [0.2, 0.25) is 0 Å². The van der Waals surface area contributed by atoms with Gasteiger partial charge in [-0.15, -0.1) is 0 Å². The summed E-state index contributed by atoms with van der Waals surface area (Å²) in [6, 6.07) is 12.8. The van der Waals surface area contributed by atoms with Crippen molar-refractivity contribution in [1.82, 2.24) is 4.90 Å². The largest absolute Gasteiger partial charge is 0.491 e. The van der Waals surface area contributed by atoms with Crippen LogP contribution in [-0.2, 0) is 16.4 Å². The Kier molecular flexibility index (Phi) is 6.93. The molecule has 0 bridgehead atoms. The summed E-state index contributed by atoms with van der Waals surface area (Å²) in [6.07, 6.45) is -0.324. The summed E-state index contributed by atoms with van der Waals surface area (Å²) in [5.74, 6) is 0.425. The van der Waals surface area contributed by atoms with Crippen molar-refractivity contribution < 1.29 is 22.7 Å². The Morgan fingerprint density at radius 3 is 2.64 bits per heavy atom. The van der Waals surface area contributed by atoms with Crippen molar-refractivity contribution >= 4 is 21.4 Å². The van der Waals surface area contributed by atoms with E-state index in [0.717, 1.165) is 5.56 Å². The van der Waals surface area contributed by atoms with E-state index in [1.54, 1.807) is 36.4 Å². The van der Waals surface area contributed by atoms with Crippen LogP contribution in [0.4, 0.5) is 4.39 Å². The summed E-state index contributed by atoms with van der Waals surface area (Å²) < 4.78 is 42.9. The van der Waals surface area contributed by atoms with E-state index in [4.69, 9.17) is 16.3 Å². The first-order valence-electron chi connectivity index (χ1n) is 9.06. The standard InChI is InChI=1S/C20H23ClFNO4S/c21-16-4-6-20(7-5-16)27-13-19(24)12-23(18-8-9-28(25,26)14-18)11-15-2-1-3-17(22)10-15/h1-7,10,18-19,24H,8-9,11-14H2/t18-,19-/m0/s1. The summed E-state index contributed by atoms with van der Waals surface area (Å²) in [5.41, 5.74) is 0.732. The highest BCUT2D eigenvalue weighted by Crippen LogP contribution is 2.21. The molecule has 0 aromatic heterocycles. The third-order valence-corrected chi connectivity index (χ3v) is 6.70. The summed E-state index contributed by atoms with van der Waals surface area (Å²) in [4.78, 5) is 1.90. The Morgan fingerprint density at radius 1 is 1.25 bits per heavy atom. The van der Waals surface area contributed by atoms with Crippen molar-refractivity contribution in [3.05, 3.63) is 64.9 Å². The number of aliphatic hydroxyl groups excluding tert-OH is 1. The highest BCUT2D eigenvalue weighted by Gasteiger charge is 2.33. The van der Waals surface area contributed by atoms with E-state index < -0.39 is 15.9 Å². The molecule has 1 aliphatic rings. The summed E-state index contributed by atoms with van der Waals surface area (Å²) in [7, 11) is -3.08. The molecular formula is C20H23ClFNO4S. The molecule has 1 saturated heterocycles. The number of ether oxygens (including phenoxy) is 1. The molecule has 5 nitrogen and oxygen atoms in total. The summed E-state index contributed by atoms with van der Waals surface area (Å²) >= 11 is 5.84. The van der Waals surface area contributed by atoms with E-state index in [2.05, 4.69) is 0 Å². The molecule has 1 aliphatic heterocycles. The second-order valence-corrected chi connectivity index (χ2v) is 9.70. The molecule has 8 heteroatoms. The van der Waals surface area contributed by atoms with Gasteiger partial charge in [-0.1, -0.05) is 23.7 Å². The van der Waals surface area contributed by atoms with E-state index in [0.29, 0.717) is 23.7 Å². The molecule has 0 aliphatic carbocycles. The summed E-state index contributed by atoms with van der Waals surface area (Å²) in [5, 5.41) is 11.0. The minimum atomic E-state index is -3.08. The number of nitrogens with zero attached hydrogens (tertiary/aromatic N) is 1. The van der Waals surface area contributed by atoms with Gasteiger partial charge >= 0.3 is 0 Å². The average Bonchev–Trinajstić information content (AvgIpc) is 3.01. The molecule has 0 unspecified atom stereocenters. The van der Waals surface area contributed by atoms with Gasteiger partial charge in [0.1, 0.15) is 24.3 Å². The van der Waals surface area contributed by atoms with E-state index in [9.17, 15) is 17.9 Å². The second kappa shape index (κ2) is 9.22. The summed E-state index contributed by atoms with van der Waals surface area (Å²) in [6.45, 7) is 0.640. The number of benzene rings is 2. The van der Waals surface area contributed by atoms with Crippen molar-refractivity contribution in [3.63, 3.8) is 0 Å². The van der Waals surface area contributed by atoms with Crippen LogP contribution in [0.3, 0.4) is 0 Å². The lowest BCUT2D eigenvalue weighted by Crippen LogP contribution is -2.42. The molecule has 2 aromatic rings. The van der Waals surface area contributed by atoms with Gasteiger partial charge in [-0.05, 0) is 48.4 Å². The normalized spacial score (nSPS) is 19.6. The fraction of sp³-hybridized carbons (Fsp3) is 0.400. The average molecular weight is 428 g/mol. The van der Waals surface area contributed by atoms with Crippen LogP contribution >= 0.6 is 11.6 Å². The molecule has 0 radical (unpaired) electrons. The SMILES string of the molecule is O=S1(=O)CC[C@H](N(Cc2cccc(F)c2)C[C@H](O)COc2ccc(Cl)cc2)C1. The number of hydrogen-bond donors (Lipinski definition) is 1. The topological polar surface area (TPSA) is 66.8 Å². The van der Waals surface area contributed by atoms with Gasteiger partial charge in [-0.3, -0.25) is 4.90 Å². The molecule has 1 fully saturated rings. The Morgan fingerprint density at radius 2 is 2.00 bits per heavy atom. The van der Waals surface area contributed by atoms with Crippen LogP contribution in [0.15, 0.2) is 48.5 Å². The number of aliphatic hydroxyl groups is 1. The molecule has 28 heavy (non-hydrogen) atoms. The first kappa shape index (κ1) is 21.0. The third kappa shape index (κ3) is 6.17. The first-order chi connectivity index (χ1) is 13.3. The van der Waals surface area contributed by atoms with E-state index in [-0.39, 0.29) is 36.5 Å². The number of sulfone groups is 1. The molecular weight excluding hydrogens is 405 g/mol. The predicted molar refractivity (Wildman–Crippen MR) is 107 cm³/mol. The quantitative estimate of drug-likeness (QED) is 0.701. The molecule has 0 amide bonds. The first-order valence-corrected chi connectivity index (χ1v) is 11.3. The van der Waals surface area contributed by atoms with Gasteiger partial charge < -0.3 is 9.84 Å².